The second-order valence-corrected chi connectivity index (χ2v) is 6.85. The van der Waals surface area contributed by atoms with E-state index in [2.05, 4.69) is 20.3 Å². The zero-order valence-electron chi connectivity index (χ0n) is 15.1. The Morgan fingerprint density at radius 3 is 2.57 bits per heavy atom. The monoisotopic (exact) mass is 397 g/mol. The number of amides is 1. The Hall–Kier alpha value is -3.26. The Morgan fingerprint density at radius 1 is 1.18 bits per heavy atom. The first-order chi connectivity index (χ1) is 13.5. The maximum atomic E-state index is 13.7. The van der Waals surface area contributed by atoms with Gasteiger partial charge in [-0.15, -0.1) is 5.10 Å². The fourth-order valence-electron chi connectivity index (χ4n) is 2.32. The Balaban J connectivity index is 1.67. The zero-order chi connectivity index (χ0) is 20.1. The second-order valence-electron chi connectivity index (χ2n) is 5.82. The highest BCUT2D eigenvalue weighted by atomic mass is 32.2. The fraction of sp³-hybridized carbons (Fsp3) is 0.100. The molecule has 0 saturated carbocycles. The van der Waals surface area contributed by atoms with Crippen LogP contribution in [0.2, 0.25) is 0 Å². The van der Waals surface area contributed by atoms with Crippen LogP contribution in [0.1, 0.15) is 11.1 Å². The number of carbonyl (C=O) groups excluding carboxylic acids is 2. The summed E-state index contributed by atoms with van der Waals surface area (Å²) in [5, 5.41) is 10.6. The minimum atomic E-state index is -0.615. The average molecular weight is 397 g/mol. The first-order valence-corrected chi connectivity index (χ1v) is 9.04. The summed E-state index contributed by atoms with van der Waals surface area (Å²) in [5.41, 5.74) is 3.08. The van der Waals surface area contributed by atoms with Crippen LogP contribution < -0.4 is 5.32 Å². The molecule has 0 spiro atoms. The number of amidine groups is 1. The number of esters is 1. The maximum absolute atomic E-state index is 13.7. The number of rotatable bonds is 4. The van der Waals surface area contributed by atoms with E-state index >= 15 is 0 Å². The molecule has 0 unspecified atom stereocenters. The van der Waals surface area contributed by atoms with Crippen LogP contribution in [0.25, 0.3) is 11.1 Å². The molecule has 0 atom stereocenters. The van der Waals surface area contributed by atoms with Crippen molar-refractivity contribution in [3.05, 3.63) is 70.4 Å². The third kappa shape index (κ3) is 4.72. The molecular formula is C20H16FN3O3S. The number of nitrogens with one attached hydrogen (secondary N) is 1. The van der Waals surface area contributed by atoms with Gasteiger partial charge in [0.05, 0.1) is 18.2 Å². The van der Waals surface area contributed by atoms with E-state index in [1.54, 1.807) is 13.0 Å². The Morgan fingerprint density at radius 2 is 1.89 bits per heavy atom. The number of hydrogen-bond acceptors (Lipinski definition) is 6. The van der Waals surface area contributed by atoms with Gasteiger partial charge in [0.15, 0.2) is 5.17 Å². The molecule has 1 fully saturated rings. The number of halogens is 1. The summed E-state index contributed by atoms with van der Waals surface area (Å²) in [6, 6.07) is 12.5. The van der Waals surface area contributed by atoms with Crippen molar-refractivity contribution >= 4 is 35.0 Å². The molecule has 2 aromatic rings. The van der Waals surface area contributed by atoms with Crippen LogP contribution >= 0.6 is 11.8 Å². The van der Waals surface area contributed by atoms with Crippen molar-refractivity contribution in [3.8, 4) is 11.1 Å². The van der Waals surface area contributed by atoms with E-state index in [0.29, 0.717) is 5.56 Å². The SMILES string of the molecule is COC(=O)/C=C1/S/C(=N\N=Cc2ccc(-c3ccc(C)c(F)c3)cc2)NC1=O. The highest BCUT2D eigenvalue weighted by Gasteiger charge is 2.24. The standard InChI is InChI=1S/C20H16FN3O3S/c1-12-3-6-15(9-16(12)21)14-7-4-13(5-8-14)11-22-24-20-23-19(26)17(28-20)10-18(25)27-2/h3-11H,1-2H3,(H,23,24,26)/b17-10+,22-11?. The van der Waals surface area contributed by atoms with Gasteiger partial charge in [0, 0.05) is 6.08 Å². The average Bonchev–Trinajstić information content (AvgIpc) is 3.03. The number of aryl methyl sites for hydroxylation is 1. The number of ether oxygens (including phenoxy) is 1. The van der Waals surface area contributed by atoms with Crippen molar-refractivity contribution in [2.75, 3.05) is 7.11 Å². The molecule has 1 N–H and O–H groups in total. The van der Waals surface area contributed by atoms with Crippen LogP contribution in [0.3, 0.4) is 0 Å². The molecule has 2 aromatic carbocycles. The molecule has 8 heteroatoms. The predicted octanol–water partition coefficient (Wildman–Crippen LogP) is 3.41. The molecule has 1 aliphatic heterocycles. The van der Waals surface area contributed by atoms with E-state index in [-0.39, 0.29) is 15.9 Å². The molecule has 1 saturated heterocycles. The van der Waals surface area contributed by atoms with Gasteiger partial charge in [-0.3, -0.25) is 10.1 Å². The number of thioether (sulfide) groups is 1. The van der Waals surface area contributed by atoms with E-state index in [4.69, 9.17) is 0 Å². The molecule has 0 aliphatic carbocycles. The lowest BCUT2D eigenvalue weighted by Crippen LogP contribution is -2.19. The lowest BCUT2D eigenvalue weighted by molar-refractivity contribution is -0.135. The minimum Gasteiger partial charge on any atom is -0.466 e. The summed E-state index contributed by atoms with van der Waals surface area (Å²) < 4.78 is 18.2. The second kappa shape index (κ2) is 8.62. The first kappa shape index (κ1) is 19.5. The van der Waals surface area contributed by atoms with Gasteiger partial charge in [-0.05, 0) is 47.0 Å². The van der Waals surface area contributed by atoms with E-state index in [1.165, 1.54) is 19.4 Å². The lowest BCUT2D eigenvalue weighted by Gasteiger charge is -2.04. The van der Waals surface area contributed by atoms with Gasteiger partial charge in [-0.2, -0.15) is 5.10 Å². The highest BCUT2D eigenvalue weighted by molar-refractivity contribution is 8.18. The smallest absolute Gasteiger partial charge is 0.331 e. The van der Waals surface area contributed by atoms with Gasteiger partial charge in [-0.1, -0.05) is 36.4 Å². The third-order valence-corrected chi connectivity index (χ3v) is 4.77. The van der Waals surface area contributed by atoms with Gasteiger partial charge in [0.1, 0.15) is 5.82 Å². The fourth-order valence-corrected chi connectivity index (χ4v) is 3.06. The molecular weight excluding hydrogens is 381 g/mol. The van der Waals surface area contributed by atoms with Gasteiger partial charge < -0.3 is 4.74 Å². The summed E-state index contributed by atoms with van der Waals surface area (Å²) in [5.74, 6) is -1.29. The Bertz CT molecular complexity index is 1010. The predicted molar refractivity (Wildman–Crippen MR) is 107 cm³/mol. The normalized spacial score (nSPS) is 16.8. The number of methoxy groups -OCH3 is 1. The van der Waals surface area contributed by atoms with E-state index in [9.17, 15) is 14.0 Å². The van der Waals surface area contributed by atoms with Gasteiger partial charge >= 0.3 is 5.97 Å². The molecule has 3 rings (SSSR count). The number of hydrogen-bond donors (Lipinski definition) is 1. The van der Waals surface area contributed by atoms with E-state index in [0.717, 1.165) is 34.5 Å². The molecule has 0 radical (unpaired) electrons. The van der Waals surface area contributed by atoms with E-state index < -0.39 is 11.9 Å². The van der Waals surface area contributed by atoms with Crippen LogP contribution in [-0.4, -0.2) is 30.4 Å². The lowest BCUT2D eigenvalue weighted by atomic mass is 10.0. The minimum absolute atomic E-state index is 0.190. The van der Waals surface area contributed by atoms with Crippen molar-refractivity contribution in [2.24, 2.45) is 10.2 Å². The topological polar surface area (TPSA) is 80.1 Å². The van der Waals surface area contributed by atoms with Gasteiger partial charge in [0.25, 0.3) is 5.91 Å². The molecule has 0 aromatic heterocycles. The van der Waals surface area contributed by atoms with Crippen LogP contribution in [0, 0.1) is 12.7 Å². The van der Waals surface area contributed by atoms with Crippen LogP contribution in [0.15, 0.2) is 63.6 Å². The van der Waals surface area contributed by atoms with Crippen molar-refractivity contribution < 1.29 is 18.7 Å². The Kier molecular flexibility index (Phi) is 6.00. The van der Waals surface area contributed by atoms with Crippen LogP contribution in [0.5, 0.6) is 0 Å². The summed E-state index contributed by atoms with van der Waals surface area (Å²) in [6.45, 7) is 1.72. The molecule has 1 aliphatic rings. The van der Waals surface area contributed by atoms with Crippen LogP contribution in [0.4, 0.5) is 4.39 Å². The van der Waals surface area contributed by atoms with Crippen molar-refractivity contribution in [2.45, 2.75) is 6.92 Å². The number of nitrogens with zero attached hydrogens (tertiary/aromatic N) is 2. The zero-order valence-corrected chi connectivity index (χ0v) is 15.9. The molecule has 1 heterocycles. The van der Waals surface area contributed by atoms with Gasteiger partial charge in [-0.25, -0.2) is 9.18 Å². The molecule has 6 nitrogen and oxygen atoms in total. The van der Waals surface area contributed by atoms with Crippen molar-refractivity contribution in [3.63, 3.8) is 0 Å². The maximum Gasteiger partial charge on any atom is 0.331 e. The number of benzene rings is 2. The summed E-state index contributed by atoms with van der Waals surface area (Å²) in [6.07, 6.45) is 2.63. The van der Waals surface area contributed by atoms with Crippen molar-refractivity contribution in [1.82, 2.24) is 5.32 Å². The summed E-state index contributed by atoms with van der Waals surface area (Å²) in [4.78, 5) is 23.1. The van der Waals surface area contributed by atoms with Gasteiger partial charge in [0.2, 0.25) is 0 Å². The number of carbonyl (C=O) groups is 2. The summed E-state index contributed by atoms with van der Waals surface area (Å²) >= 11 is 1.00. The third-order valence-electron chi connectivity index (χ3n) is 3.87. The molecule has 1 amide bonds. The molecule has 142 valence electrons. The quantitative estimate of drug-likeness (QED) is 0.371. The van der Waals surface area contributed by atoms with E-state index in [1.807, 2.05) is 30.3 Å². The molecule has 0 bridgehead atoms. The first-order valence-electron chi connectivity index (χ1n) is 8.23. The Labute approximate surface area is 165 Å². The highest BCUT2D eigenvalue weighted by Crippen LogP contribution is 2.24. The molecule has 28 heavy (non-hydrogen) atoms. The summed E-state index contributed by atoms with van der Waals surface area (Å²) in [7, 11) is 1.23. The van der Waals surface area contributed by atoms with Crippen molar-refractivity contribution in [1.29, 1.82) is 0 Å². The largest absolute Gasteiger partial charge is 0.466 e. The van der Waals surface area contributed by atoms with Crippen LogP contribution in [-0.2, 0) is 14.3 Å².